The van der Waals surface area contributed by atoms with Crippen LogP contribution in [0.3, 0.4) is 0 Å². The molecule has 1 aliphatic heterocycles. The van der Waals surface area contributed by atoms with E-state index in [4.69, 9.17) is 9.47 Å². The molecule has 0 spiro atoms. The van der Waals surface area contributed by atoms with Gasteiger partial charge in [0.2, 0.25) is 0 Å². The Morgan fingerprint density at radius 3 is 2.72 bits per heavy atom. The summed E-state index contributed by atoms with van der Waals surface area (Å²) in [4.78, 5) is 14.7. The Balaban J connectivity index is 1.97. The summed E-state index contributed by atoms with van der Waals surface area (Å²) >= 11 is 0. The van der Waals surface area contributed by atoms with Crippen molar-refractivity contribution in [1.82, 2.24) is 4.90 Å². The lowest BCUT2D eigenvalue weighted by Crippen LogP contribution is -2.43. The van der Waals surface area contributed by atoms with Crippen molar-refractivity contribution in [3.63, 3.8) is 0 Å². The number of rotatable bonds is 7. The van der Waals surface area contributed by atoms with Gasteiger partial charge in [-0.2, -0.15) is 0 Å². The van der Waals surface area contributed by atoms with Crippen LogP contribution in [0.2, 0.25) is 0 Å². The summed E-state index contributed by atoms with van der Waals surface area (Å²) in [6, 6.07) is 15.3. The highest BCUT2D eigenvalue weighted by atomic mass is 16.5. The third-order valence-corrected chi connectivity index (χ3v) is 4.11. The first kappa shape index (κ1) is 17.0. The normalized spacial score (nSPS) is 16.1. The minimum atomic E-state index is -0.320. The second-order valence-electron chi connectivity index (χ2n) is 5.72. The molecule has 1 amide bonds. The number of fused-ring (bicyclic) bond motifs is 1. The summed E-state index contributed by atoms with van der Waals surface area (Å²) in [7, 11) is 1.64. The summed E-state index contributed by atoms with van der Waals surface area (Å²) in [6.07, 6.45) is 1.41. The van der Waals surface area contributed by atoms with Gasteiger partial charge in [-0.3, -0.25) is 4.79 Å². The van der Waals surface area contributed by atoms with Gasteiger partial charge in [0.05, 0.1) is 12.2 Å². The number of hydrogen-bond donors (Lipinski definition) is 1. The summed E-state index contributed by atoms with van der Waals surface area (Å²) in [5.41, 5.74) is 2.39. The van der Waals surface area contributed by atoms with Crippen LogP contribution in [0.4, 0.5) is 5.69 Å². The standard InChI is InChI=1S/C20H22N2O3/c1-3-12-22-19(21-17-10-6-4-8-15(17)20(22)23)16-9-5-7-11-18(16)25-14-13-24-2/h3-11,19,21H,1,12-14H2,2H3. The fourth-order valence-electron chi connectivity index (χ4n) is 2.94. The van der Waals surface area contributed by atoms with E-state index in [9.17, 15) is 4.79 Å². The molecule has 0 aliphatic carbocycles. The van der Waals surface area contributed by atoms with Crippen LogP contribution < -0.4 is 10.1 Å². The van der Waals surface area contributed by atoms with Gasteiger partial charge in [0, 0.05) is 24.9 Å². The highest BCUT2D eigenvalue weighted by molar-refractivity contribution is 6.01. The van der Waals surface area contributed by atoms with Crippen molar-refractivity contribution >= 4 is 11.6 Å². The number of anilines is 1. The van der Waals surface area contributed by atoms with E-state index >= 15 is 0 Å². The lowest BCUT2D eigenvalue weighted by atomic mass is 10.0. The quantitative estimate of drug-likeness (QED) is 0.620. The molecule has 0 saturated carbocycles. The van der Waals surface area contributed by atoms with Gasteiger partial charge in [-0.1, -0.05) is 36.4 Å². The van der Waals surface area contributed by atoms with Gasteiger partial charge in [-0.05, 0) is 18.2 Å². The van der Waals surface area contributed by atoms with Crippen molar-refractivity contribution in [1.29, 1.82) is 0 Å². The van der Waals surface area contributed by atoms with Crippen LogP contribution in [0.25, 0.3) is 0 Å². The molecule has 130 valence electrons. The average Bonchev–Trinajstić information content (AvgIpc) is 2.65. The largest absolute Gasteiger partial charge is 0.491 e. The molecule has 5 nitrogen and oxygen atoms in total. The first-order valence-electron chi connectivity index (χ1n) is 8.24. The van der Waals surface area contributed by atoms with Crippen LogP contribution >= 0.6 is 0 Å². The lowest BCUT2D eigenvalue weighted by Gasteiger charge is -2.38. The molecule has 2 aromatic carbocycles. The molecule has 25 heavy (non-hydrogen) atoms. The summed E-state index contributed by atoms with van der Waals surface area (Å²) < 4.78 is 10.9. The molecule has 1 aliphatic rings. The Kier molecular flexibility index (Phi) is 5.36. The van der Waals surface area contributed by atoms with Gasteiger partial charge < -0.3 is 19.7 Å². The van der Waals surface area contributed by atoms with Crippen LogP contribution in [0.15, 0.2) is 61.2 Å². The average molecular weight is 338 g/mol. The van der Waals surface area contributed by atoms with Gasteiger partial charge in [0.15, 0.2) is 0 Å². The van der Waals surface area contributed by atoms with Gasteiger partial charge in [0.1, 0.15) is 18.5 Å². The van der Waals surface area contributed by atoms with E-state index < -0.39 is 0 Å². The summed E-state index contributed by atoms with van der Waals surface area (Å²) in [6.45, 7) is 5.18. The molecule has 0 radical (unpaired) electrons. The topological polar surface area (TPSA) is 50.8 Å². The first-order chi connectivity index (χ1) is 12.3. The van der Waals surface area contributed by atoms with Gasteiger partial charge in [-0.25, -0.2) is 0 Å². The van der Waals surface area contributed by atoms with E-state index in [1.54, 1.807) is 18.1 Å². The number of ether oxygens (including phenoxy) is 2. The number of carbonyl (C=O) groups excluding carboxylic acids is 1. The molecule has 0 bridgehead atoms. The Hall–Kier alpha value is -2.79. The van der Waals surface area contributed by atoms with Crippen molar-refractivity contribution in [3.8, 4) is 5.75 Å². The molecular weight excluding hydrogens is 316 g/mol. The van der Waals surface area contributed by atoms with Crippen molar-refractivity contribution in [2.75, 3.05) is 32.2 Å². The van der Waals surface area contributed by atoms with Crippen LogP contribution in [-0.4, -0.2) is 37.7 Å². The highest BCUT2D eigenvalue weighted by Gasteiger charge is 2.33. The first-order valence-corrected chi connectivity index (χ1v) is 8.24. The van der Waals surface area contributed by atoms with E-state index in [-0.39, 0.29) is 12.1 Å². The van der Waals surface area contributed by atoms with Crippen LogP contribution in [0, 0.1) is 0 Å². The van der Waals surface area contributed by atoms with Crippen molar-refractivity contribution in [2.45, 2.75) is 6.17 Å². The molecule has 1 N–H and O–H groups in total. The number of nitrogens with one attached hydrogen (secondary N) is 1. The number of hydrogen-bond acceptors (Lipinski definition) is 4. The lowest BCUT2D eigenvalue weighted by molar-refractivity contribution is 0.0704. The fraction of sp³-hybridized carbons (Fsp3) is 0.250. The molecule has 5 heteroatoms. The van der Waals surface area contributed by atoms with Crippen molar-refractivity contribution in [2.24, 2.45) is 0 Å². The third-order valence-electron chi connectivity index (χ3n) is 4.11. The second kappa shape index (κ2) is 7.85. The Morgan fingerprint density at radius 1 is 1.16 bits per heavy atom. The number of para-hydroxylation sites is 2. The fourth-order valence-corrected chi connectivity index (χ4v) is 2.94. The molecule has 3 rings (SSSR count). The molecule has 1 unspecified atom stereocenters. The number of amides is 1. The number of carbonyl (C=O) groups is 1. The molecule has 1 heterocycles. The molecule has 2 aromatic rings. The minimum absolute atomic E-state index is 0.0223. The van der Waals surface area contributed by atoms with Crippen LogP contribution in [0.5, 0.6) is 5.75 Å². The van der Waals surface area contributed by atoms with E-state index in [0.29, 0.717) is 25.3 Å². The molecule has 0 aromatic heterocycles. The molecule has 0 fully saturated rings. The maximum Gasteiger partial charge on any atom is 0.258 e. The van der Waals surface area contributed by atoms with Crippen molar-refractivity contribution < 1.29 is 14.3 Å². The second-order valence-corrected chi connectivity index (χ2v) is 5.72. The van der Waals surface area contributed by atoms with Crippen LogP contribution in [-0.2, 0) is 4.74 Å². The van der Waals surface area contributed by atoms with E-state index in [2.05, 4.69) is 11.9 Å². The predicted octanol–water partition coefficient (Wildman–Crippen LogP) is 3.46. The number of benzene rings is 2. The highest BCUT2D eigenvalue weighted by Crippen LogP contribution is 2.36. The maximum absolute atomic E-state index is 12.9. The monoisotopic (exact) mass is 338 g/mol. The van der Waals surface area contributed by atoms with Gasteiger partial charge in [-0.15, -0.1) is 6.58 Å². The molecule has 0 saturated heterocycles. The number of nitrogens with zero attached hydrogens (tertiary/aromatic N) is 1. The van der Waals surface area contributed by atoms with Crippen LogP contribution in [0.1, 0.15) is 22.1 Å². The SMILES string of the molecule is C=CCN1C(=O)c2ccccc2NC1c1ccccc1OCCOC. The van der Waals surface area contributed by atoms with E-state index in [1.807, 2.05) is 48.5 Å². The zero-order chi connectivity index (χ0) is 17.6. The molecule has 1 atom stereocenters. The Morgan fingerprint density at radius 2 is 1.92 bits per heavy atom. The van der Waals surface area contributed by atoms with Gasteiger partial charge in [0.25, 0.3) is 5.91 Å². The zero-order valence-corrected chi connectivity index (χ0v) is 14.3. The summed E-state index contributed by atoms with van der Waals surface area (Å²) in [5.74, 6) is 0.712. The zero-order valence-electron chi connectivity index (χ0n) is 14.3. The van der Waals surface area contributed by atoms with E-state index in [0.717, 1.165) is 17.0 Å². The van der Waals surface area contributed by atoms with E-state index in [1.165, 1.54) is 0 Å². The Labute approximate surface area is 147 Å². The number of methoxy groups -OCH3 is 1. The summed E-state index contributed by atoms with van der Waals surface area (Å²) in [5, 5.41) is 3.46. The van der Waals surface area contributed by atoms with Crippen molar-refractivity contribution in [3.05, 3.63) is 72.3 Å². The Bertz CT molecular complexity index is 760. The minimum Gasteiger partial charge on any atom is -0.491 e. The molecular formula is C20H22N2O3. The predicted molar refractivity (Wildman–Crippen MR) is 97.9 cm³/mol. The third kappa shape index (κ3) is 3.51. The maximum atomic E-state index is 12.9. The van der Waals surface area contributed by atoms with Gasteiger partial charge >= 0.3 is 0 Å². The smallest absolute Gasteiger partial charge is 0.258 e.